The minimum absolute atomic E-state index is 0.00423. The van der Waals surface area contributed by atoms with Gasteiger partial charge in [0.25, 0.3) is 5.92 Å². The van der Waals surface area contributed by atoms with E-state index in [0.717, 1.165) is 16.7 Å². The maximum Gasteiger partial charge on any atom is 0.303 e. The first kappa shape index (κ1) is 21.9. The molecule has 0 saturated carbocycles. The first-order valence-electron chi connectivity index (χ1n) is 9.94. The van der Waals surface area contributed by atoms with E-state index in [9.17, 15) is 18.0 Å². The largest absolute Gasteiger partial charge is 0.489 e. The first-order chi connectivity index (χ1) is 14.1. The summed E-state index contributed by atoms with van der Waals surface area (Å²) in [6.45, 7) is 3.49. The number of carboxylic acid groups (broad SMARTS) is 1. The Labute approximate surface area is 174 Å². The Morgan fingerprint density at radius 1 is 1.13 bits per heavy atom. The van der Waals surface area contributed by atoms with Crippen molar-refractivity contribution in [1.82, 2.24) is 0 Å². The van der Waals surface area contributed by atoms with Crippen molar-refractivity contribution in [2.24, 2.45) is 0 Å². The summed E-state index contributed by atoms with van der Waals surface area (Å²) in [6.07, 6.45) is -0.0530. The third-order valence-electron chi connectivity index (χ3n) is 5.43. The first-order valence-corrected chi connectivity index (χ1v) is 9.94. The highest BCUT2D eigenvalue weighted by Crippen LogP contribution is 2.41. The Morgan fingerprint density at radius 2 is 1.90 bits per heavy atom. The number of ether oxygens (including phenoxy) is 1. The van der Waals surface area contributed by atoms with Crippen LogP contribution in [0.1, 0.15) is 47.9 Å². The summed E-state index contributed by atoms with van der Waals surface area (Å²) in [4.78, 5) is 10.7. The molecule has 0 spiro atoms. The van der Waals surface area contributed by atoms with Crippen LogP contribution in [0.2, 0.25) is 0 Å². The number of hydrogen-bond acceptors (Lipinski definition) is 2. The predicted octanol–water partition coefficient (Wildman–Crippen LogP) is 6.11. The minimum Gasteiger partial charge on any atom is -0.489 e. The summed E-state index contributed by atoms with van der Waals surface area (Å²) in [7, 11) is 0. The van der Waals surface area contributed by atoms with Gasteiger partial charge in [-0.05, 0) is 72.2 Å². The summed E-state index contributed by atoms with van der Waals surface area (Å²) in [5.74, 6) is -3.46. The van der Waals surface area contributed by atoms with E-state index in [0.29, 0.717) is 28.9 Å². The van der Waals surface area contributed by atoms with Crippen molar-refractivity contribution < 1.29 is 27.8 Å². The second-order valence-electron chi connectivity index (χ2n) is 7.86. The standard InChI is InChI=1S/C24H25F3O3/c1-15-3-6-18(12-21(15)25)20-9-10-24(26,27)13-19(20)14-30-22-7-4-17(11-16(22)2)5-8-23(28)29/h3-4,6-7,11-12H,5,8-10,13-14H2,1-2H3,(H,28,29). The highest BCUT2D eigenvalue weighted by atomic mass is 19.3. The van der Waals surface area contributed by atoms with Gasteiger partial charge in [0.1, 0.15) is 18.2 Å². The van der Waals surface area contributed by atoms with Crippen molar-refractivity contribution in [2.45, 2.75) is 51.9 Å². The molecular weight excluding hydrogens is 393 g/mol. The lowest BCUT2D eigenvalue weighted by Gasteiger charge is -2.28. The van der Waals surface area contributed by atoms with E-state index in [1.807, 2.05) is 13.0 Å². The number of allylic oxidation sites excluding steroid dienone is 1. The van der Waals surface area contributed by atoms with E-state index in [1.165, 1.54) is 6.07 Å². The number of halogens is 3. The zero-order valence-electron chi connectivity index (χ0n) is 17.1. The van der Waals surface area contributed by atoms with Crippen molar-refractivity contribution in [3.8, 4) is 5.75 Å². The molecule has 2 aromatic carbocycles. The molecule has 0 amide bonds. The number of carboxylic acids is 1. The molecule has 30 heavy (non-hydrogen) atoms. The molecule has 1 aliphatic rings. The maximum atomic E-state index is 14.1. The van der Waals surface area contributed by atoms with Gasteiger partial charge in [0.15, 0.2) is 0 Å². The zero-order valence-corrected chi connectivity index (χ0v) is 17.1. The van der Waals surface area contributed by atoms with Crippen molar-refractivity contribution in [3.63, 3.8) is 0 Å². The van der Waals surface area contributed by atoms with Gasteiger partial charge in [-0.3, -0.25) is 4.79 Å². The van der Waals surface area contributed by atoms with Gasteiger partial charge >= 0.3 is 5.97 Å². The van der Waals surface area contributed by atoms with E-state index in [1.54, 1.807) is 31.2 Å². The van der Waals surface area contributed by atoms with E-state index < -0.39 is 18.3 Å². The Balaban J connectivity index is 1.81. The monoisotopic (exact) mass is 418 g/mol. The number of carbonyl (C=O) groups is 1. The number of aliphatic carboxylic acids is 1. The highest BCUT2D eigenvalue weighted by molar-refractivity contribution is 5.70. The molecule has 6 heteroatoms. The molecule has 1 aliphatic carbocycles. The third kappa shape index (κ3) is 5.43. The van der Waals surface area contributed by atoms with Crippen LogP contribution < -0.4 is 4.74 Å². The van der Waals surface area contributed by atoms with E-state index in [4.69, 9.17) is 9.84 Å². The maximum absolute atomic E-state index is 14.1. The van der Waals surface area contributed by atoms with Crippen LogP contribution in [-0.4, -0.2) is 23.6 Å². The van der Waals surface area contributed by atoms with Gasteiger partial charge in [-0.2, -0.15) is 0 Å². The molecule has 0 bridgehead atoms. The molecule has 0 aliphatic heterocycles. The molecule has 2 aromatic rings. The molecule has 0 atom stereocenters. The quantitative estimate of drug-likeness (QED) is 0.590. The van der Waals surface area contributed by atoms with Crippen molar-refractivity contribution in [2.75, 3.05) is 6.61 Å². The van der Waals surface area contributed by atoms with Crippen molar-refractivity contribution in [1.29, 1.82) is 0 Å². The van der Waals surface area contributed by atoms with Crippen molar-refractivity contribution in [3.05, 3.63) is 70.0 Å². The van der Waals surface area contributed by atoms with Gasteiger partial charge in [-0.1, -0.05) is 24.3 Å². The van der Waals surface area contributed by atoms with Crippen LogP contribution in [0.25, 0.3) is 5.57 Å². The van der Waals surface area contributed by atoms with E-state index in [-0.39, 0.29) is 31.7 Å². The van der Waals surface area contributed by atoms with Crippen LogP contribution in [0.3, 0.4) is 0 Å². The molecule has 0 aromatic heterocycles. The summed E-state index contributed by atoms with van der Waals surface area (Å²) in [5.41, 5.74) is 4.01. The lowest BCUT2D eigenvalue weighted by Crippen LogP contribution is -2.24. The van der Waals surface area contributed by atoms with Crippen LogP contribution in [-0.2, 0) is 11.2 Å². The SMILES string of the molecule is Cc1ccc(C2=C(COc3ccc(CCC(=O)O)cc3C)CC(F)(F)CC2)cc1F. The summed E-state index contributed by atoms with van der Waals surface area (Å²) < 4.78 is 48.0. The fraction of sp³-hybridized carbons (Fsp3) is 0.375. The molecule has 1 N–H and O–H groups in total. The third-order valence-corrected chi connectivity index (χ3v) is 5.43. The average Bonchev–Trinajstić information content (AvgIpc) is 2.67. The minimum atomic E-state index is -2.80. The van der Waals surface area contributed by atoms with E-state index >= 15 is 0 Å². The molecule has 3 rings (SSSR count). The summed E-state index contributed by atoms with van der Waals surface area (Å²) >= 11 is 0. The van der Waals surface area contributed by atoms with Crippen LogP contribution in [0.4, 0.5) is 13.2 Å². The lowest BCUT2D eigenvalue weighted by molar-refractivity contribution is -0.136. The normalized spacial score (nSPS) is 15.9. The zero-order chi connectivity index (χ0) is 21.9. The Bertz CT molecular complexity index is 980. The van der Waals surface area contributed by atoms with Crippen LogP contribution >= 0.6 is 0 Å². The second kappa shape index (κ2) is 8.94. The Kier molecular flexibility index (Phi) is 6.54. The summed E-state index contributed by atoms with van der Waals surface area (Å²) in [5, 5.41) is 8.81. The van der Waals surface area contributed by atoms with Crippen molar-refractivity contribution >= 4 is 11.5 Å². The average molecular weight is 418 g/mol. The van der Waals surface area contributed by atoms with Gasteiger partial charge in [0.2, 0.25) is 0 Å². The van der Waals surface area contributed by atoms with E-state index in [2.05, 4.69) is 0 Å². The fourth-order valence-corrected chi connectivity index (χ4v) is 3.70. The summed E-state index contributed by atoms with van der Waals surface area (Å²) in [6, 6.07) is 10.2. The molecule has 0 unspecified atom stereocenters. The molecule has 0 heterocycles. The molecule has 0 saturated heterocycles. The van der Waals surface area contributed by atoms with Gasteiger partial charge in [0, 0.05) is 19.3 Å². The van der Waals surface area contributed by atoms with Gasteiger partial charge in [-0.15, -0.1) is 0 Å². The second-order valence-corrected chi connectivity index (χ2v) is 7.86. The number of aryl methyl sites for hydroxylation is 3. The Morgan fingerprint density at radius 3 is 2.57 bits per heavy atom. The molecule has 3 nitrogen and oxygen atoms in total. The molecule has 0 fully saturated rings. The molecule has 0 radical (unpaired) electrons. The predicted molar refractivity (Wildman–Crippen MR) is 109 cm³/mol. The number of rotatable bonds is 7. The van der Waals surface area contributed by atoms with Gasteiger partial charge in [0.05, 0.1) is 0 Å². The van der Waals surface area contributed by atoms with Crippen LogP contribution in [0.5, 0.6) is 5.75 Å². The fourth-order valence-electron chi connectivity index (χ4n) is 3.70. The van der Waals surface area contributed by atoms with Crippen LogP contribution in [0, 0.1) is 19.7 Å². The van der Waals surface area contributed by atoms with Gasteiger partial charge in [-0.25, -0.2) is 13.2 Å². The molecular formula is C24H25F3O3. The Hall–Kier alpha value is -2.76. The number of alkyl halides is 2. The smallest absolute Gasteiger partial charge is 0.303 e. The number of hydrogen-bond donors (Lipinski definition) is 1. The van der Waals surface area contributed by atoms with Gasteiger partial charge < -0.3 is 9.84 Å². The topological polar surface area (TPSA) is 46.5 Å². The lowest BCUT2D eigenvalue weighted by atomic mass is 9.85. The number of benzene rings is 2. The molecule has 160 valence electrons. The van der Waals surface area contributed by atoms with Crippen LogP contribution in [0.15, 0.2) is 42.0 Å². The highest BCUT2D eigenvalue weighted by Gasteiger charge is 2.36.